The summed E-state index contributed by atoms with van der Waals surface area (Å²) >= 11 is 0. The normalized spacial score (nSPS) is 21.0. The average Bonchev–Trinajstić information content (AvgIpc) is 2.97. The van der Waals surface area contributed by atoms with Crippen molar-refractivity contribution in [3.63, 3.8) is 0 Å². The summed E-state index contributed by atoms with van der Waals surface area (Å²) in [6.45, 7) is 0.119. The van der Waals surface area contributed by atoms with Gasteiger partial charge in [0, 0.05) is 18.9 Å². The third-order valence-electron chi connectivity index (χ3n) is 5.03. The molecule has 26 heavy (non-hydrogen) atoms. The quantitative estimate of drug-likeness (QED) is 0.603. The zero-order chi connectivity index (χ0) is 18.5. The maximum absolute atomic E-state index is 12.9. The predicted octanol–water partition coefficient (Wildman–Crippen LogP) is 1.33. The second kappa shape index (κ2) is 8.45. The highest BCUT2D eigenvalue weighted by Gasteiger charge is 2.33. The van der Waals surface area contributed by atoms with Crippen LogP contribution in [0.15, 0.2) is 54.6 Å². The van der Waals surface area contributed by atoms with Crippen LogP contribution in [0.1, 0.15) is 29.2 Å². The Morgan fingerprint density at radius 2 is 1.85 bits per heavy atom. The van der Waals surface area contributed by atoms with Gasteiger partial charge in [-0.2, -0.15) is 0 Å². The number of benzene rings is 2. The lowest BCUT2D eigenvalue weighted by molar-refractivity contribution is -0.127. The van der Waals surface area contributed by atoms with E-state index in [1.54, 1.807) is 0 Å². The van der Waals surface area contributed by atoms with E-state index in [1.807, 2.05) is 54.6 Å². The van der Waals surface area contributed by atoms with Crippen LogP contribution in [0.3, 0.4) is 0 Å². The number of rotatable bonds is 7. The molecule has 0 unspecified atom stereocenters. The van der Waals surface area contributed by atoms with E-state index in [1.165, 1.54) is 0 Å². The summed E-state index contributed by atoms with van der Waals surface area (Å²) in [5.74, 6) is -0.571. The van der Waals surface area contributed by atoms with Crippen molar-refractivity contribution < 1.29 is 15.0 Å². The van der Waals surface area contributed by atoms with Gasteiger partial charge < -0.3 is 21.3 Å². The highest BCUT2D eigenvalue weighted by atomic mass is 16.3. The van der Waals surface area contributed by atoms with Gasteiger partial charge in [-0.3, -0.25) is 4.79 Å². The van der Waals surface area contributed by atoms with Gasteiger partial charge in [0.05, 0.1) is 18.2 Å². The van der Waals surface area contributed by atoms with Crippen LogP contribution in [0.4, 0.5) is 0 Å². The molecule has 1 amide bonds. The molecule has 0 radical (unpaired) electrons. The molecular weight excluding hydrogens is 328 g/mol. The molecule has 5 nitrogen and oxygen atoms in total. The molecule has 5 N–H and O–H groups in total. The van der Waals surface area contributed by atoms with E-state index in [-0.39, 0.29) is 12.5 Å². The molecule has 0 heterocycles. The number of fused-ring (bicyclic) bond motifs is 1. The van der Waals surface area contributed by atoms with E-state index < -0.39 is 24.2 Å². The van der Waals surface area contributed by atoms with Crippen molar-refractivity contribution in [2.75, 3.05) is 6.54 Å². The van der Waals surface area contributed by atoms with Gasteiger partial charge in [-0.05, 0) is 29.5 Å². The zero-order valence-corrected chi connectivity index (χ0v) is 14.7. The number of aliphatic hydroxyl groups excluding tert-OH is 2. The van der Waals surface area contributed by atoms with Crippen LogP contribution in [0.25, 0.3) is 0 Å². The fourth-order valence-electron chi connectivity index (χ4n) is 3.63. The van der Waals surface area contributed by atoms with Gasteiger partial charge in [-0.25, -0.2) is 0 Å². The van der Waals surface area contributed by atoms with Crippen LogP contribution >= 0.6 is 0 Å². The number of aliphatic hydroxyl groups is 2. The van der Waals surface area contributed by atoms with Gasteiger partial charge in [0.1, 0.15) is 0 Å². The summed E-state index contributed by atoms with van der Waals surface area (Å²) in [5.41, 5.74) is 8.60. The van der Waals surface area contributed by atoms with Gasteiger partial charge >= 0.3 is 0 Å². The first-order chi connectivity index (χ1) is 12.6. The fourth-order valence-corrected chi connectivity index (χ4v) is 3.63. The van der Waals surface area contributed by atoms with Crippen molar-refractivity contribution in [1.29, 1.82) is 0 Å². The Balaban J connectivity index is 1.74. The molecule has 0 saturated carbocycles. The van der Waals surface area contributed by atoms with Crippen LogP contribution in [0.2, 0.25) is 0 Å². The summed E-state index contributed by atoms with van der Waals surface area (Å²) in [4.78, 5) is 12.9. The maximum atomic E-state index is 12.9. The maximum Gasteiger partial charge on any atom is 0.224 e. The molecule has 4 atom stereocenters. The van der Waals surface area contributed by atoms with Crippen LogP contribution in [0.5, 0.6) is 0 Å². The smallest absolute Gasteiger partial charge is 0.224 e. The molecular formula is C21H26N2O3. The first-order valence-electron chi connectivity index (χ1n) is 9.06. The minimum atomic E-state index is -0.727. The Bertz CT molecular complexity index is 735. The van der Waals surface area contributed by atoms with Crippen molar-refractivity contribution in [3.8, 4) is 0 Å². The lowest BCUT2D eigenvalue weighted by Crippen LogP contribution is -2.40. The predicted molar refractivity (Wildman–Crippen MR) is 100 cm³/mol. The van der Waals surface area contributed by atoms with E-state index >= 15 is 0 Å². The molecule has 0 aromatic heterocycles. The first kappa shape index (κ1) is 18.6. The summed E-state index contributed by atoms with van der Waals surface area (Å²) in [6.07, 6.45) is -0.00500. The molecule has 0 aliphatic heterocycles. The molecule has 0 spiro atoms. The number of nitrogens with one attached hydrogen (secondary N) is 1. The lowest BCUT2D eigenvalue weighted by atomic mass is 9.92. The summed E-state index contributed by atoms with van der Waals surface area (Å²) in [6, 6.07) is 17.1. The zero-order valence-electron chi connectivity index (χ0n) is 14.7. The summed E-state index contributed by atoms with van der Waals surface area (Å²) < 4.78 is 0. The largest absolute Gasteiger partial charge is 0.392 e. The number of carbonyl (C=O) groups is 1. The van der Waals surface area contributed by atoms with Crippen LogP contribution in [-0.4, -0.2) is 34.9 Å². The minimum Gasteiger partial charge on any atom is -0.392 e. The Morgan fingerprint density at radius 3 is 2.58 bits per heavy atom. The fraction of sp³-hybridized carbons (Fsp3) is 0.381. The Morgan fingerprint density at radius 1 is 1.15 bits per heavy atom. The molecule has 0 saturated heterocycles. The summed E-state index contributed by atoms with van der Waals surface area (Å²) in [7, 11) is 0. The van der Waals surface area contributed by atoms with Crippen LogP contribution in [0, 0.1) is 5.92 Å². The van der Waals surface area contributed by atoms with Gasteiger partial charge in [-0.15, -0.1) is 0 Å². The number of hydrogen-bond acceptors (Lipinski definition) is 4. The van der Waals surface area contributed by atoms with Crippen LogP contribution in [-0.2, 0) is 17.6 Å². The van der Waals surface area contributed by atoms with Crippen molar-refractivity contribution >= 4 is 5.91 Å². The van der Waals surface area contributed by atoms with Gasteiger partial charge in [-0.1, -0.05) is 54.6 Å². The third-order valence-corrected chi connectivity index (χ3v) is 5.03. The van der Waals surface area contributed by atoms with Gasteiger partial charge in [0.15, 0.2) is 0 Å². The van der Waals surface area contributed by atoms with Gasteiger partial charge in [0.2, 0.25) is 5.91 Å². The highest BCUT2D eigenvalue weighted by Crippen LogP contribution is 2.31. The van der Waals surface area contributed by atoms with Crippen LogP contribution < -0.4 is 11.1 Å². The SMILES string of the molecule is NC[C@@H](O)C[C@@H](Cc1ccccc1)C(=O)N[C@H]1c2ccccc2C[C@H]1O. The molecule has 138 valence electrons. The van der Waals surface area contributed by atoms with Crippen molar-refractivity contribution in [3.05, 3.63) is 71.3 Å². The highest BCUT2D eigenvalue weighted by molar-refractivity contribution is 5.79. The molecule has 5 heteroatoms. The Kier molecular flexibility index (Phi) is 6.04. The Labute approximate surface area is 153 Å². The number of nitrogens with two attached hydrogens (primary N) is 1. The van der Waals surface area contributed by atoms with E-state index in [0.29, 0.717) is 19.3 Å². The molecule has 2 aromatic carbocycles. The van der Waals surface area contributed by atoms with Crippen molar-refractivity contribution in [1.82, 2.24) is 5.32 Å². The molecule has 1 aliphatic rings. The number of carbonyl (C=O) groups excluding carboxylic acids is 1. The van der Waals surface area contributed by atoms with E-state index in [9.17, 15) is 15.0 Å². The first-order valence-corrected chi connectivity index (χ1v) is 9.06. The number of amides is 1. The lowest BCUT2D eigenvalue weighted by Gasteiger charge is -2.24. The third kappa shape index (κ3) is 4.30. The standard InChI is InChI=1S/C21H26N2O3/c22-13-17(24)11-16(10-14-6-2-1-3-7-14)21(26)23-20-18-9-5-4-8-15(18)12-19(20)25/h1-9,16-17,19-20,24-25H,10-13,22H2,(H,23,26)/t16-,17+,19-,20+/m1/s1. The second-order valence-corrected chi connectivity index (χ2v) is 6.97. The van der Waals surface area contributed by atoms with E-state index in [2.05, 4.69) is 5.32 Å². The van der Waals surface area contributed by atoms with E-state index in [0.717, 1.165) is 16.7 Å². The molecule has 2 aromatic rings. The van der Waals surface area contributed by atoms with Crippen molar-refractivity contribution in [2.24, 2.45) is 11.7 Å². The topological polar surface area (TPSA) is 95.6 Å². The average molecular weight is 354 g/mol. The molecule has 0 bridgehead atoms. The van der Waals surface area contributed by atoms with Crippen molar-refractivity contribution in [2.45, 2.75) is 37.5 Å². The number of hydrogen-bond donors (Lipinski definition) is 4. The monoisotopic (exact) mass is 354 g/mol. The molecule has 1 aliphatic carbocycles. The second-order valence-electron chi connectivity index (χ2n) is 6.97. The minimum absolute atomic E-state index is 0.119. The van der Waals surface area contributed by atoms with E-state index in [4.69, 9.17) is 5.73 Å². The Hall–Kier alpha value is -2.21. The summed E-state index contributed by atoms with van der Waals surface area (Å²) in [5, 5.41) is 23.3. The molecule has 3 rings (SSSR count). The molecule has 0 fully saturated rings. The van der Waals surface area contributed by atoms with Gasteiger partial charge in [0.25, 0.3) is 0 Å².